The predicted molar refractivity (Wildman–Crippen MR) is 179 cm³/mol. The van der Waals surface area contributed by atoms with Gasteiger partial charge in [-0.3, -0.25) is 0 Å². The summed E-state index contributed by atoms with van der Waals surface area (Å²) in [5.41, 5.74) is 2.47. The fraction of sp³-hybridized carbons (Fsp3) is 0.622. The van der Waals surface area contributed by atoms with Crippen LogP contribution in [0, 0.1) is 34.9 Å². The molecule has 47 heavy (non-hydrogen) atoms. The minimum atomic E-state index is -0.376. The third-order valence-electron chi connectivity index (χ3n) is 11.2. The van der Waals surface area contributed by atoms with Crippen LogP contribution in [0.25, 0.3) is 0 Å². The summed E-state index contributed by atoms with van der Waals surface area (Å²) < 4.78 is 30.9. The van der Waals surface area contributed by atoms with E-state index in [2.05, 4.69) is 32.2 Å². The minimum Gasteiger partial charge on any atom is -0.490 e. The molecule has 1 aliphatic carbocycles. The van der Waals surface area contributed by atoms with Crippen LogP contribution in [0.1, 0.15) is 49.7 Å². The number of carbonyl (C=O) groups excluding carboxylic acids is 1. The molecule has 0 radical (unpaired) electrons. The zero-order valence-corrected chi connectivity index (χ0v) is 28.0. The van der Waals surface area contributed by atoms with Crippen LogP contribution in [0.3, 0.4) is 0 Å². The summed E-state index contributed by atoms with van der Waals surface area (Å²) >= 11 is 0. The van der Waals surface area contributed by atoms with Gasteiger partial charge in [0.1, 0.15) is 24.2 Å². The lowest BCUT2D eigenvalue weighted by molar-refractivity contribution is 0.0223. The number of hydrogen-bond acceptors (Lipinski definition) is 8. The van der Waals surface area contributed by atoms with Crippen LogP contribution in [0.2, 0.25) is 0 Å². The van der Waals surface area contributed by atoms with E-state index in [0.29, 0.717) is 36.4 Å². The first-order valence-corrected chi connectivity index (χ1v) is 17.4. The molecule has 2 aromatic rings. The second-order valence-electron chi connectivity index (χ2n) is 13.9. The van der Waals surface area contributed by atoms with Gasteiger partial charge >= 0.3 is 6.09 Å². The molecule has 9 nitrogen and oxygen atoms in total. The van der Waals surface area contributed by atoms with Crippen LogP contribution >= 0.6 is 0 Å². The highest BCUT2D eigenvalue weighted by Gasteiger charge is 2.53. The van der Waals surface area contributed by atoms with Crippen LogP contribution in [0.4, 0.5) is 14.9 Å². The molecule has 2 aromatic carbocycles. The first kappa shape index (κ1) is 33.5. The molecule has 3 atom stereocenters. The standard InChI is InChI=1S/C37H50FN5O4/c1-45-18-19-47-35-21-32(11-10-28(35)22-39)43-24-27(25-43)23-41-16-12-29(13-17-41)37(26-42-14-5-15-42,30-6-3-7-31(38)20-30)33-8-4-9-34(33)40-36(44)46-2/h3,6-7,10-11,20-21,27,29,33-34H,4-5,8-9,12-19,23-26H2,1-2H3,(H,40,44)/t33-,34-,37-/m0/s1. The predicted octanol–water partition coefficient (Wildman–Crippen LogP) is 5.04. The number of piperidine rings is 1. The molecule has 10 heteroatoms. The number of benzene rings is 2. The summed E-state index contributed by atoms with van der Waals surface area (Å²) in [7, 11) is 3.06. The number of carbonyl (C=O) groups is 1. The van der Waals surface area contributed by atoms with Crippen molar-refractivity contribution in [2.45, 2.75) is 50.0 Å². The first-order chi connectivity index (χ1) is 22.9. The Balaban J connectivity index is 1.13. The van der Waals surface area contributed by atoms with E-state index in [9.17, 15) is 14.4 Å². The fourth-order valence-corrected chi connectivity index (χ4v) is 8.78. The molecule has 1 saturated carbocycles. The second-order valence-corrected chi connectivity index (χ2v) is 13.9. The Labute approximate surface area is 278 Å². The molecule has 1 N–H and O–H groups in total. The molecule has 0 aromatic heterocycles. The van der Waals surface area contributed by atoms with Crippen LogP contribution < -0.4 is 15.0 Å². The molecule has 3 aliphatic heterocycles. The van der Waals surface area contributed by atoms with Gasteiger partial charge < -0.3 is 34.2 Å². The van der Waals surface area contributed by atoms with Gasteiger partial charge in [-0.25, -0.2) is 9.18 Å². The minimum absolute atomic E-state index is 0.0131. The van der Waals surface area contributed by atoms with Gasteiger partial charge in [-0.2, -0.15) is 5.26 Å². The quantitative estimate of drug-likeness (QED) is 0.303. The highest BCUT2D eigenvalue weighted by Crippen LogP contribution is 2.51. The largest absolute Gasteiger partial charge is 0.490 e. The molecule has 3 saturated heterocycles. The molecule has 0 spiro atoms. The summed E-state index contributed by atoms with van der Waals surface area (Å²) in [5, 5.41) is 12.7. The number of nitrogens with zero attached hydrogens (tertiary/aromatic N) is 4. The van der Waals surface area contributed by atoms with Gasteiger partial charge in [0.15, 0.2) is 0 Å². The molecule has 4 fully saturated rings. The normalized spacial score (nSPS) is 23.7. The maximum Gasteiger partial charge on any atom is 0.407 e. The Kier molecular flexibility index (Phi) is 10.9. The summed E-state index contributed by atoms with van der Waals surface area (Å²) in [4.78, 5) is 20.0. The first-order valence-electron chi connectivity index (χ1n) is 17.4. The van der Waals surface area contributed by atoms with E-state index in [0.717, 1.165) is 95.7 Å². The Bertz CT molecular complexity index is 1400. The van der Waals surface area contributed by atoms with Crippen molar-refractivity contribution >= 4 is 11.8 Å². The average Bonchev–Trinajstić information content (AvgIpc) is 3.51. The Morgan fingerprint density at radius 3 is 2.49 bits per heavy atom. The average molecular weight is 648 g/mol. The van der Waals surface area contributed by atoms with Crippen molar-refractivity contribution in [1.82, 2.24) is 15.1 Å². The highest BCUT2D eigenvalue weighted by atomic mass is 19.1. The van der Waals surface area contributed by atoms with E-state index in [4.69, 9.17) is 14.2 Å². The number of methoxy groups -OCH3 is 2. The van der Waals surface area contributed by atoms with Crippen molar-refractivity contribution in [3.63, 3.8) is 0 Å². The van der Waals surface area contributed by atoms with Gasteiger partial charge in [0.05, 0.1) is 19.3 Å². The van der Waals surface area contributed by atoms with Crippen molar-refractivity contribution < 1.29 is 23.4 Å². The van der Waals surface area contributed by atoms with E-state index in [1.165, 1.54) is 13.5 Å². The van der Waals surface area contributed by atoms with Gasteiger partial charge in [0.2, 0.25) is 0 Å². The van der Waals surface area contributed by atoms with Crippen LogP contribution in [0.5, 0.6) is 5.75 Å². The van der Waals surface area contributed by atoms with E-state index >= 15 is 0 Å². The van der Waals surface area contributed by atoms with Gasteiger partial charge in [-0.05, 0) is 99.9 Å². The molecule has 0 bridgehead atoms. The Hall–Kier alpha value is -3.39. The fourth-order valence-electron chi connectivity index (χ4n) is 8.78. The highest BCUT2D eigenvalue weighted by molar-refractivity contribution is 5.67. The third kappa shape index (κ3) is 7.38. The topological polar surface area (TPSA) is 90.3 Å². The Morgan fingerprint density at radius 1 is 1.00 bits per heavy atom. The van der Waals surface area contributed by atoms with Gasteiger partial charge in [0, 0.05) is 62.4 Å². The number of nitriles is 1. The zero-order valence-electron chi connectivity index (χ0n) is 28.0. The molecule has 0 unspecified atom stereocenters. The summed E-state index contributed by atoms with van der Waals surface area (Å²) in [6.45, 7) is 9.02. The van der Waals surface area contributed by atoms with E-state index in [-0.39, 0.29) is 29.3 Å². The van der Waals surface area contributed by atoms with Gasteiger partial charge in [-0.15, -0.1) is 0 Å². The third-order valence-corrected chi connectivity index (χ3v) is 11.2. The second kappa shape index (κ2) is 15.2. The van der Waals surface area contributed by atoms with Crippen molar-refractivity contribution in [3.8, 4) is 11.8 Å². The smallest absolute Gasteiger partial charge is 0.407 e. The van der Waals surface area contributed by atoms with E-state index < -0.39 is 0 Å². The van der Waals surface area contributed by atoms with Crippen molar-refractivity contribution in [2.24, 2.45) is 17.8 Å². The number of halogens is 1. The summed E-state index contributed by atoms with van der Waals surface area (Å²) in [6, 6.07) is 15.4. The lowest BCUT2D eigenvalue weighted by Crippen LogP contribution is -2.60. The molecule has 4 aliphatic rings. The monoisotopic (exact) mass is 647 g/mol. The number of ether oxygens (including phenoxy) is 3. The number of likely N-dealkylation sites (tertiary alicyclic amines) is 2. The SMILES string of the molecule is COCCOc1cc(N2CC(CN3CCC([C@@](CN4CCC4)(c4cccc(F)c4)[C@H]4CCC[C@@H]4NC(=O)OC)CC3)C2)ccc1C#N. The number of rotatable bonds is 13. The maximum absolute atomic E-state index is 14.9. The lowest BCUT2D eigenvalue weighted by atomic mass is 9.57. The summed E-state index contributed by atoms with van der Waals surface area (Å²) in [5.74, 6) is 1.61. The van der Waals surface area contributed by atoms with Crippen molar-refractivity contribution in [3.05, 3.63) is 59.4 Å². The van der Waals surface area contributed by atoms with Crippen LogP contribution in [0.15, 0.2) is 42.5 Å². The molecule has 3 heterocycles. The molecular weight excluding hydrogens is 597 g/mol. The Morgan fingerprint density at radius 2 is 1.81 bits per heavy atom. The summed E-state index contributed by atoms with van der Waals surface area (Å²) in [6.07, 6.45) is 5.93. The molecule has 6 rings (SSSR count). The van der Waals surface area contributed by atoms with Crippen LogP contribution in [-0.2, 0) is 14.9 Å². The van der Waals surface area contributed by atoms with Crippen molar-refractivity contribution in [1.29, 1.82) is 5.26 Å². The number of alkyl carbamates (subject to hydrolysis) is 1. The number of nitrogens with one attached hydrogen (secondary N) is 1. The van der Waals surface area contributed by atoms with Crippen molar-refractivity contribution in [2.75, 3.05) is 84.7 Å². The zero-order chi connectivity index (χ0) is 32.8. The number of amides is 1. The van der Waals surface area contributed by atoms with Gasteiger partial charge in [-0.1, -0.05) is 18.6 Å². The number of hydrogen-bond donors (Lipinski definition) is 1. The van der Waals surface area contributed by atoms with Crippen LogP contribution in [-0.4, -0.2) is 102 Å². The number of anilines is 1. The molecule has 254 valence electrons. The molecule has 1 amide bonds. The lowest BCUT2D eigenvalue weighted by Gasteiger charge is -2.54. The van der Waals surface area contributed by atoms with Gasteiger partial charge in [0.25, 0.3) is 0 Å². The maximum atomic E-state index is 14.9. The molecular formula is C37H50FN5O4. The van der Waals surface area contributed by atoms with E-state index in [1.807, 2.05) is 24.3 Å². The van der Waals surface area contributed by atoms with E-state index in [1.54, 1.807) is 19.2 Å².